The molecule has 5 nitrogen and oxygen atoms in total. The van der Waals surface area contributed by atoms with E-state index in [-0.39, 0.29) is 17.4 Å². The summed E-state index contributed by atoms with van der Waals surface area (Å²) < 4.78 is 5.00. The van der Waals surface area contributed by atoms with Crippen LogP contribution in [0.25, 0.3) is 0 Å². The van der Waals surface area contributed by atoms with Crippen LogP contribution in [0.4, 0.5) is 0 Å². The quantitative estimate of drug-likeness (QED) is 0.544. The lowest BCUT2D eigenvalue weighted by Gasteiger charge is -2.06. The maximum atomic E-state index is 11.8. The Morgan fingerprint density at radius 2 is 2.04 bits per heavy atom. The molecule has 2 aromatic carbocycles. The first-order chi connectivity index (χ1) is 12.0. The molecule has 2 aromatic rings. The Morgan fingerprint density at radius 3 is 2.72 bits per heavy atom. The molecule has 0 spiro atoms. The SMILES string of the molecule is COc1cc(C=NNC(=O)CSCc2c(Cl)cccc2Cl)ccc1O. The van der Waals surface area contributed by atoms with Gasteiger partial charge in [0.25, 0.3) is 0 Å². The van der Waals surface area contributed by atoms with Crippen LogP contribution < -0.4 is 10.2 Å². The van der Waals surface area contributed by atoms with Crippen LogP contribution in [0.15, 0.2) is 41.5 Å². The average molecular weight is 399 g/mol. The molecule has 0 radical (unpaired) electrons. The van der Waals surface area contributed by atoms with Gasteiger partial charge in [-0.05, 0) is 41.5 Å². The predicted octanol–water partition coefficient (Wildman–Crippen LogP) is 4.09. The molecule has 0 aliphatic rings. The van der Waals surface area contributed by atoms with Gasteiger partial charge >= 0.3 is 0 Å². The largest absolute Gasteiger partial charge is 0.504 e. The summed E-state index contributed by atoms with van der Waals surface area (Å²) in [7, 11) is 1.46. The number of hydrazone groups is 1. The Hall–Kier alpha value is -1.89. The number of nitrogens with zero attached hydrogens (tertiary/aromatic N) is 1. The van der Waals surface area contributed by atoms with Gasteiger partial charge in [-0.15, -0.1) is 11.8 Å². The molecule has 0 fully saturated rings. The van der Waals surface area contributed by atoms with Crippen molar-refractivity contribution in [1.29, 1.82) is 0 Å². The van der Waals surface area contributed by atoms with E-state index in [9.17, 15) is 9.90 Å². The van der Waals surface area contributed by atoms with Crippen molar-refractivity contribution in [2.75, 3.05) is 12.9 Å². The maximum absolute atomic E-state index is 11.8. The minimum absolute atomic E-state index is 0.0401. The topological polar surface area (TPSA) is 70.9 Å². The average Bonchev–Trinajstić information content (AvgIpc) is 2.59. The van der Waals surface area contributed by atoms with Crippen LogP contribution in [0.3, 0.4) is 0 Å². The summed E-state index contributed by atoms with van der Waals surface area (Å²) in [6.45, 7) is 0. The number of methoxy groups -OCH3 is 1. The molecule has 0 aliphatic heterocycles. The van der Waals surface area contributed by atoms with Gasteiger partial charge in [-0.3, -0.25) is 4.79 Å². The summed E-state index contributed by atoms with van der Waals surface area (Å²) in [6.07, 6.45) is 1.47. The Kier molecular flexibility index (Phi) is 7.43. The number of amides is 1. The predicted molar refractivity (Wildman–Crippen MR) is 103 cm³/mol. The first kappa shape index (κ1) is 19.4. The molecule has 0 aromatic heterocycles. The molecule has 0 unspecified atom stereocenters. The number of carbonyl (C=O) groups excluding carboxylic acids is 1. The molecular weight excluding hydrogens is 383 g/mol. The highest BCUT2D eigenvalue weighted by atomic mass is 35.5. The molecule has 0 heterocycles. The van der Waals surface area contributed by atoms with E-state index in [1.807, 2.05) is 0 Å². The van der Waals surface area contributed by atoms with E-state index in [1.165, 1.54) is 31.2 Å². The minimum Gasteiger partial charge on any atom is -0.504 e. The number of ether oxygens (including phenoxy) is 1. The molecule has 1 amide bonds. The second-order valence-electron chi connectivity index (χ2n) is 4.92. The van der Waals surface area contributed by atoms with Crippen LogP contribution in [0.1, 0.15) is 11.1 Å². The van der Waals surface area contributed by atoms with Crippen molar-refractivity contribution in [3.8, 4) is 11.5 Å². The van der Waals surface area contributed by atoms with Crippen molar-refractivity contribution in [1.82, 2.24) is 5.43 Å². The zero-order chi connectivity index (χ0) is 18.2. The standard InChI is InChI=1S/C17H16Cl2N2O3S/c1-24-16-7-11(5-6-15(16)22)8-20-21-17(23)10-25-9-12-13(18)3-2-4-14(12)19/h2-8,22H,9-10H2,1H3,(H,21,23). The number of aromatic hydroxyl groups is 1. The zero-order valence-corrected chi connectivity index (χ0v) is 15.7. The number of benzene rings is 2. The molecule has 0 atom stereocenters. The van der Waals surface area contributed by atoms with E-state index < -0.39 is 0 Å². The van der Waals surface area contributed by atoms with E-state index in [0.29, 0.717) is 27.1 Å². The van der Waals surface area contributed by atoms with Crippen LogP contribution in [0.5, 0.6) is 11.5 Å². The van der Waals surface area contributed by atoms with E-state index in [1.54, 1.807) is 30.3 Å². The number of halogens is 2. The van der Waals surface area contributed by atoms with Gasteiger partial charge in [0.15, 0.2) is 11.5 Å². The molecular formula is C17H16Cl2N2O3S. The monoisotopic (exact) mass is 398 g/mol. The molecule has 25 heavy (non-hydrogen) atoms. The van der Waals surface area contributed by atoms with E-state index in [2.05, 4.69) is 10.5 Å². The van der Waals surface area contributed by atoms with E-state index in [4.69, 9.17) is 27.9 Å². The summed E-state index contributed by atoms with van der Waals surface area (Å²) in [5, 5.41) is 14.6. The van der Waals surface area contributed by atoms with Gasteiger partial charge in [-0.25, -0.2) is 5.43 Å². The summed E-state index contributed by atoms with van der Waals surface area (Å²) in [5.74, 6) is 0.888. The second kappa shape index (κ2) is 9.56. The number of hydrogen-bond acceptors (Lipinski definition) is 5. The van der Waals surface area contributed by atoms with Gasteiger partial charge in [-0.1, -0.05) is 29.3 Å². The van der Waals surface area contributed by atoms with Gasteiger partial charge in [0.1, 0.15) is 0 Å². The highest BCUT2D eigenvalue weighted by Gasteiger charge is 2.07. The smallest absolute Gasteiger partial charge is 0.250 e. The van der Waals surface area contributed by atoms with E-state index in [0.717, 1.165) is 5.56 Å². The fourth-order valence-corrected chi connectivity index (χ4v) is 3.46. The van der Waals surface area contributed by atoms with Crippen LogP contribution in [-0.4, -0.2) is 30.1 Å². The summed E-state index contributed by atoms with van der Waals surface area (Å²) in [4.78, 5) is 11.8. The Morgan fingerprint density at radius 1 is 1.32 bits per heavy atom. The third-order valence-corrected chi connectivity index (χ3v) is 4.82. The van der Waals surface area contributed by atoms with Gasteiger partial charge < -0.3 is 9.84 Å². The molecule has 132 valence electrons. The van der Waals surface area contributed by atoms with Gasteiger partial charge in [-0.2, -0.15) is 5.10 Å². The molecule has 0 saturated heterocycles. The summed E-state index contributed by atoms with van der Waals surface area (Å²) in [5.41, 5.74) is 3.93. The Bertz CT molecular complexity index is 764. The lowest BCUT2D eigenvalue weighted by molar-refractivity contribution is -0.118. The minimum atomic E-state index is -0.241. The fraction of sp³-hybridized carbons (Fsp3) is 0.176. The van der Waals surface area contributed by atoms with Crippen LogP contribution >= 0.6 is 35.0 Å². The number of phenolic OH excluding ortho intramolecular Hbond substituents is 1. The number of carbonyl (C=O) groups is 1. The first-order valence-electron chi connectivity index (χ1n) is 7.21. The number of hydrogen-bond donors (Lipinski definition) is 2. The van der Waals surface area contributed by atoms with Gasteiger partial charge in [0.05, 0.1) is 19.1 Å². The molecule has 0 aliphatic carbocycles. The molecule has 2 rings (SSSR count). The highest BCUT2D eigenvalue weighted by molar-refractivity contribution is 7.99. The molecule has 8 heteroatoms. The number of rotatable bonds is 7. The van der Waals surface area contributed by atoms with Crippen molar-refractivity contribution in [2.45, 2.75) is 5.75 Å². The van der Waals surface area contributed by atoms with Crippen LogP contribution in [0.2, 0.25) is 10.0 Å². The van der Waals surface area contributed by atoms with Gasteiger partial charge in [0.2, 0.25) is 5.91 Å². The molecule has 0 bridgehead atoms. The maximum Gasteiger partial charge on any atom is 0.250 e. The highest BCUT2D eigenvalue weighted by Crippen LogP contribution is 2.28. The number of phenols is 1. The Balaban J connectivity index is 1.81. The van der Waals surface area contributed by atoms with Crippen molar-refractivity contribution in [2.24, 2.45) is 5.10 Å². The van der Waals surface area contributed by atoms with Crippen molar-refractivity contribution in [3.05, 3.63) is 57.6 Å². The van der Waals surface area contributed by atoms with Gasteiger partial charge in [0, 0.05) is 15.8 Å². The summed E-state index contributed by atoms with van der Waals surface area (Å²) in [6, 6.07) is 10.1. The van der Waals surface area contributed by atoms with E-state index >= 15 is 0 Å². The third-order valence-electron chi connectivity index (χ3n) is 3.15. The normalized spacial score (nSPS) is 10.8. The van der Waals surface area contributed by atoms with Crippen LogP contribution in [0, 0.1) is 0 Å². The second-order valence-corrected chi connectivity index (χ2v) is 6.72. The van der Waals surface area contributed by atoms with Crippen molar-refractivity contribution >= 4 is 47.1 Å². The number of thioether (sulfide) groups is 1. The lowest BCUT2D eigenvalue weighted by Crippen LogP contribution is -2.19. The summed E-state index contributed by atoms with van der Waals surface area (Å²) >= 11 is 13.6. The van der Waals surface area contributed by atoms with Crippen LogP contribution in [-0.2, 0) is 10.5 Å². The number of nitrogens with one attached hydrogen (secondary N) is 1. The van der Waals surface area contributed by atoms with Crippen molar-refractivity contribution < 1.29 is 14.6 Å². The zero-order valence-electron chi connectivity index (χ0n) is 13.3. The molecule has 0 saturated carbocycles. The lowest BCUT2D eigenvalue weighted by atomic mass is 10.2. The third kappa shape index (κ3) is 5.85. The molecule has 2 N–H and O–H groups in total. The Labute approximate surface area is 160 Å². The van der Waals surface area contributed by atoms with Crippen molar-refractivity contribution in [3.63, 3.8) is 0 Å². The first-order valence-corrected chi connectivity index (χ1v) is 9.12. The fourth-order valence-electron chi connectivity index (χ4n) is 1.90.